The first-order valence-corrected chi connectivity index (χ1v) is 2.48. The van der Waals surface area contributed by atoms with Crippen LogP contribution in [0, 0.1) is 6.61 Å². The summed E-state index contributed by atoms with van der Waals surface area (Å²) in [6, 6.07) is 0. The van der Waals surface area contributed by atoms with Crippen LogP contribution in [0.1, 0.15) is 13.8 Å². The summed E-state index contributed by atoms with van der Waals surface area (Å²) in [6.07, 6.45) is 3.79. The molecule has 0 unspecified atom stereocenters. The summed E-state index contributed by atoms with van der Waals surface area (Å²) in [5.74, 6) is 0. The Kier molecular flexibility index (Phi) is 5.46. The van der Waals surface area contributed by atoms with Gasteiger partial charge >= 0.3 is 0 Å². The summed E-state index contributed by atoms with van der Waals surface area (Å²) in [6.45, 7) is 6.35. The van der Waals surface area contributed by atoms with Crippen molar-refractivity contribution in [2.24, 2.45) is 0 Å². The molecule has 0 spiro atoms. The Labute approximate surface area is 45.0 Å². The van der Waals surface area contributed by atoms with E-state index >= 15 is 0 Å². The van der Waals surface area contributed by atoms with Gasteiger partial charge in [-0.3, -0.25) is 0 Å². The highest BCUT2D eigenvalue weighted by atomic mass is 16.5. The number of hydrogen-bond acceptors (Lipinski definition) is 1. The van der Waals surface area contributed by atoms with E-state index in [1.54, 1.807) is 6.61 Å². The van der Waals surface area contributed by atoms with Crippen LogP contribution in [0.3, 0.4) is 0 Å². The van der Waals surface area contributed by atoms with Gasteiger partial charge in [0.2, 0.25) is 0 Å². The molecule has 0 bridgehead atoms. The predicted molar refractivity (Wildman–Crippen MR) is 30.7 cm³/mol. The van der Waals surface area contributed by atoms with E-state index in [-0.39, 0.29) is 0 Å². The quantitative estimate of drug-likeness (QED) is 0.490. The largest absolute Gasteiger partial charge is 0.371 e. The fourth-order valence-corrected chi connectivity index (χ4v) is 0.230. The monoisotopic (exact) mass is 99.1 g/mol. The van der Waals surface area contributed by atoms with Crippen LogP contribution >= 0.6 is 0 Å². The molecule has 0 N–H and O–H groups in total. The molecule has 0 aromatic rings. The molecule has 0 heterocycles. The second-order valence-corrected chi connectivity index (χ2v) is 1.12. The second-order valence-electron chi connectivity index (χ2n) is 1.12. The summed E-state index contributed by atoms with van der Waals surface area (Å²) in [4.78, 5) is 0. The van der Waals surface area contributed by atoms with E-state index in [0.717, 1.165) is 6.61 Å². The molecule has 0 aliphatic heterocycles. The van der Waals surface area contributed by atoms with Crippen molar-refractivity contribution in [3.63, 3.8) is 0 Å². The molecule has 0 fully saturated rings. The predicted octanol–water partition coefficient (Wildman–Crippen LogP) is 1.76. The van der Waals surface area contributed by atoms with Gasteiger partial charge in [0.05, 0.1) is 0 Å². The first kappa shape index (κ1) is 6.70. The Morgan fingerprint density at radius 1 is 1.57 bits per heavy atom. The summed E-state index contributed by atoms with van der Waals surface area (Å²) < 4.78 is 4.86. The van der Waals surface area contributed by atoms with Crippen LogP contribution in [0.5, 0.6) is 0 Å². The number of hydrogen-bond donors (Lipinski definition) is 0. The van der Waals surface area contributed by atoms with Gasteiger partial charge in [-0.1, -0.05) is 12.2 Å². The molecule has 0 saturated heterocycles. The van der Waals surface area contributed by atoms with Crippen LogP contribution in [-0.2, 0) is 4.74 Å². The Morgan fingerprint density at radius 3 is 2.71 bits per heavy atom. The zero-order chi connectivity index (χ0) is 5.54. The number of ether oxygens (including phenoxy) is 1. The number of allylic oxidation sites excluding steroid dienone is 1. The van der Waals surface area contributed by atoms with Gasteiger partial charge in [0.1, 0.15) is 6.61 Å². The van der Waals surface area contributed by atoms with Crippen molar-refractivity contribution in [2.75, 3.05) is 6.61 Å². The maximum Gasteiger partial charge on any atom is 0.105 e. The lowest BCUT2D eigenvalue weighted by atomic mass is 10.5. The van der Waals surface area contributed by atoms with Gasteiger partial charge in [-0.05, 0) is 13.8 Å². The molecule has 0 rings (SSSR count). The minimum absolute atomic E-state index is 0.754. The highest BCUT2D eigenvalue weighted by Crippen LogP contribution is 1.81. The zero-order valence-corrected chi connectivity index (χ0v) is 4.85. The summed E-state index contributed by atoms with van der Waals surface area (Å²) >= 11 is 0. The molecule has 7 heavy (non-hydrogen) atoms. The van der Waals surface area contributed by atoms with Gasteiger partial charge in [0, 0.05) is 6.61 Å². The minimum Gasteiger partial charge on any atom is -0.371 e. The molecule has 1 nitrogen and oxygen atoms in total. The highest BCUT2D eigenvalue weighted by molar-refractivity contribution is 4.85. The maximum atomic E-state index is 4.86. The van der Waals surface area contributed by atoms with Crippen molar-refractivity contribution < 1.29 is 4.74 Å². The Bertz CT molecular complexity index is 48.1. The third-order valence-corrected chi connectivity index (χ3v) is 0.534. The molecule has 0 atom stereocenters. The fraction of sp³-hybridized carbons (Fsp3) is 0.500. The Balaban J connectivity index is 2.69. The molecule has 41 valence electrons. The average Bonchev–Trinajstić information content (AvgIpc) is 1.69. The van der Waals surface area contributed by atoms with E-state index in [9.17, 15) is 0 Å². The van der Waals surface area contributed by atoms with E-state index in [1.165, 1.54) is 0 Å². The van der Waals surface area contributed by atoms with Gasteiger partial charge in [-0.2, -0.15) is 0 Å². The third kappa shape index (κ3) is 5.70. The molecular formula is C6H11O. The lowest BCUT2D eigenvalue weighted by Crippen LogP contribution is -1.79. The van der Waals surface area contributed by atoms with Gasteiger partial charge in [-0.25, -0.2) is 0 Å². The van der Waals surface area contributed by atoms with Crippen LogP contribution < -0.4 is 0 Å². The van der Waals surface area contributed by atoms with Crippen molar-refractivity contribution in [3.05, 3.63) is 18.8 Å². The first-order chi connectivity index (χ1) is 3.41. The summed E-state index contributed by atoms with van der Waals surface area (Å²) in [7, 11) is 0. The van der Waals surface area contributed by atoms with Gasteiger partial charge < -0.3 is 4.74 Å². The molecule has 1 radical (unpaired) electrons. The molecular weight excluding hydrogens is 88.1 g/mol. The summed E-state index contributed by atoms with van der Waals surface area (Å²) in [5.41, 5.74) is 0. The van der Waals surface area contributed by atoms with Crippen molar-refractivity contribution in [1.82, 2.24) is 0 Å². The molecule has 0 aromatic carbocycles. The Morgan fingerprint density at radius 2 is 2.29 bits per heavy atom. The van der Waals surface area contributed by atoms with Crippen LogP contribution in [0.2, 0.25) is 0 Å². The van der Waals surface area contributed by atoms with Gasteiger partial charge in [-0.15, -0.1) is 0 Å². The molecule has 0 saturated carbocycles. The Hall–Kier alpha value is -0.300. The third-order valence-electron chi connectivity index (χ3n) is 0.534. The smallest absolute Gasteiger partial charge is 0.105 e. The SMILES string of the molecule is C/C=C\[CH]OCC. The van der Waals surface area contributed by atoms with E-state index in [1.807, 2.05) is 26.0 Å². The van der Waals surface area contributed by atoms with Crippen LogP contribution in [0.4, 0.5) is 0 Å². The van der Waals surface area contributed by atoms with Crippen LogP contribution in [0.25, 0.3) is 0 Å². The van der Waals surface area contributed by atoms with E-state index < -0.39 is 0 Å². The lowest BCUT2D eigenvalue weighted by Gasteiger charge is -1.88. The van der Waals surface area contributed by atoms with E-state index in [0.29, 0.717) is 0 Å². The van der Waals surface area contributed by atoms with E-state index in [4.69, 9.17) is 4.74 Å². The number of rotatable bonds is 3. The van der Waals surface area contributed by atoms with Gasteiger partial charge in [0.15, 0.2) is 0 Å². The normalized spacial score (nSPS) is 10.6. The zero-order valence-electron chi connectivity index (χ0n) is 4.85. The molecule has 0 amide bonds. The minimum atomic E-state index is 0.754. The molecule has 1 heteroatoms. The van der Waals surface area contributed by atoms with Crippen LogP contribution in [0.15, 0.2) is 12.2 Å². The molecule has 0 aliphatic rings. The second kappa shape index (κ2) is 5.70. The highest BCUT2D eigenvalue weighted by Gasteiger charge is 1.71. The van der Waals surface area contributed by atoms with Crippen molar-refractivity contribution in [2.45, 2.75) is 13.8 Å². The van der Waals surface area contributed by atoms with Crippen LogP contribution in [-0.4, -0.2) is 6.61 Å². The molecule has 0 aromatic heterocycles. The summed E-state index contributed by atoms with van der Waals surface area (Å²) in [5, 5.41) is 0. The topological polar surface area (TPSA) is 9.23 Å². The molecule has 0 aliphatic carbocycles. The fourth-order valence-electron chi connectivity index (χ4n) is 0.230. The van der Waals surface area contributed by atoms with Crippen molar-refractivity contribution in [3.8, 4) is 0 Å². The standard InChI is InChI=1S/C6H11O/c1-3-5-6-7-4-2/h3,5-6H,4H2,1-2H3/b5-3-. The van der Waals surface area contributed by atoms with E-state index in [2.05, 4.69) is 0 Å². The lowest BCUT2D eigenvalue weighted by molar-refractivity contribution is 0.233. The first-order valence-electron chi connectivity index (χ1n) is 2.48. The maximum absolute atomic E-state index is 4.86. The average molecular weight is 99.2 g/mol. The van der Waals surface area contributed by atoms with Gasteiger partial charge in [0.25, 0.3) is 0 Å². The van der Waals surface area contributed by atoms with Crippen molar-refractivity contribution in [1.29, 1.82) is 0 Å². The van der Waals surface area contributed by atoms with Crippen molar-refractivity contribution >= 4 is 0 Å².